The fourth-order valence-electron chi connectivity index (χ4n) is 2.53. The number of alkyl halides is 3. The Kier molecular flexibility index (Phi) is 3.86. The van der Waals surface area contributed by atoms with Gasteiger partial charge in [-0.2, -0.15) is 13.2 Å². The summed E-state index contributed by atoms with van der Waals surface area (Å²) in [5.74, 6) is -4.95. The zero-order valence-corrected chi connectivity index (χ0v) is 11.1. The Bertz CT molecular complexity index is 504. The highest BCUT2D eigenvalue weighted by molar-refractivity contribution is 7.82. The lowest BCUT2D eigenvalue weighted by Crippen LogP contribution is -2.24. The molecule has 0 radical (unpaired) electrons. The molecule has 0 amide bonds. The molecule has 1 aliphatic carbocycles. The Balaban J connectivity index is 2.44. The first-order valence-corrected chi connectivity index (χ1v) is 7.91. The second kappa shape index (κ2) is 5.12. The van der Waals surface area contributed by atoms with Crippen molar-refractivity contribution in [1.82, 2.24) is 0 Å². The minimum absolute atomic E-state index is 0.116. The standard InChI is InChI=1S/C13H14F3O2P/c14-13(15,16)19(18,11-8-4-5-9-11)12(17)10-6-2-1-3-7-10/h1-3,6-7,11H,4-5,8-9H2. The first-order valence-electron chi connectivity index (χ1n) is 6.14. The van der Waals surface area contributed by atoms with E-state index in [1.165, 1.54) is 24.3 Å². The maximum atomic E-state index is 13.2. The summed E-state index contributed by atoms with van der Waals surface area (Å²) in [6.45, 7) is 0. The number of carbonyl (C=O) groups is 1. The fraction of sp³-hybridized carbons (Fsp3) is 0.462. The van der Waals surface area contributed by atoms with E-state index in [0.717, 1.165) is 0 Å². The predicted molar refractivity (Wildman–Crippen MR) is 66.7 cm³/mol. The SMILES string of the molecule is O=C(c1ccccc1)P(=O)(C1CCCC1)C(F)(F)F. The van der Waals surface area contributed by atoms with Gasteiger partial charge in [0.15, 0.2) is 0 Å². The molecular weight excluding hydrogens is 276 g/mol. The van der Waals surface area contributed by atoms with Crippen LogP contribution in [0.1, 0.15) is 36.0 Å². The van der Waals surface area contributed by atoms with Crippen molar-refractivity contribution in [2.75, 3.05) is 0 Å². The van der Waals surface area contributed by atoms with Gasteiger partial charge in [0, 0.05) is 11.2 Å². The lowest BCUT2D eigenvalue weighted by atomic mass is 10.2. The molecular formula is C13H14F3O2P. The molecule has 1 aliphatic rings. The van der Waals surface area contributed by atoms with E-state index in [2.05, 4.69) is 0 Å². The Morgan fingerprint density at radius 1 is 1.11 bits per heavy atom. The van der Waals surface area contributed by atoms with Crippen LogP contribution in [0.4, 0.5) is 13.2 Å². The molecule has 104 valence electrons. The quantitative estimate of drug-likeness (QED) is 0.759. The molecule has 2 rings (SSSR count). The zero-order valence-electron chi connectivity index (χ0n) is 10.2. The maximum Gasteiger partial charge on any atom is 0.447 e. The first kappa shape index (κ1) is 14.3. The minimum Gasteiger partial charge on any atom is -0.305 e. The Labute approximate surface area is 109 Å². The van der Waals surface area contributed by atoms with Gasteiger partial charge in [-0.05, 0) is 12.8 Å². The second-order valence-electron chi connectivity index (χ2n) is 4.74. The lowest BCUT2D eigenvalue weighted by molar-refractivity contribution is -0.0467. The minimum atomic E-state index is -4.95. The van der Waals surface area contributed by atoms with Crippen LogP contribution in [-0.4, -0.2) is 17.1 Å². The molecule has 1 saturated carbocycles. The van der Waals surface area contributed by atoms with Gasteiger partial charge in [-0.1, -0.05) is 43.2 Å². The average molecular weight is 290 g/mol. The number of rotatable bonds is 3. The molecule has 0 heterocycles. The van der Waals surface area contributed by atoms with Crippen LogP contribution in [0.3, 0.4) is 0 Å². The molecule has 0 N–H and O–H groups in total. The van der Waals surface area contributed by atoms with Gasteiger partial charge in [-0.3, -0.25) is 4.79 Å². The van der Waals surface area contributed by atoms with Crippen molar-refractivity contribution in [3.8, 4) is 0 Å². The van der Waals surface area contributed by atoms with Gasteiger partial charge < -0.3 is 4.57 Å². The van der Waals surface area contributed by atoms with Gasteiger partial charge in [0.1, 0.15) is 0 Å². The smallest absolute Gasteiger partial charge is 0.305 e. The summed E-state index contributed by atoms with van der Waals surface area (Å²) >= 11 is 0. The van der Waals surface area contributed by atoms with Crippen LogP contribution < -0.4 is 0 Å². The van der Waals surface area contributed by atoms with Crippen LogP contribution in [0.25, 0.3) is 0 Å². The fourth-order valence-corrected chi connectivity index (χ4v) is 5.13. The third-order valence-corrected chi connectivity index (χ3v) is 6.70. The van der Waals surface area contributed by atoms with E-state index in [1.807, 2.05) is 0 Å². The van der Waals surface area contributed by atoms with Crippen molar-refractivity contribution in [1.29, 1.82) is 0 Å². The van der Waals surface area contributed by atoms with Crippen LogP contribution in [0.5, 0.6) is 0 Å². The van der Waals surface area contributed by atoms with E-state index in [-0.39, 0.29) is 18.4 Å². The summed E-state index contributed by atoms with van der Waals surface area (Å²) in [6.07, 6.45) is 1.64. The number of hydrogen-bond acceptors (Lipinski definition) is 2. The molecule has 0 spiro atoms. The van der Waals surface area contributed by atoms with E-state index in [1.54, 1.807) is 6.07 Å². The summed E-state index contributed by atoms with van der Waals surface area (Å²) in [7, 11) is -4.90. The van der Waals surface area contributed by atoms with E-state index in [4.69, 9.17) is 0 Å². The number of benzene rings is 1. The molecule has 2 nitrogen and oxygen atoms in total. The van der Waals surface area contributed by atoms with Crippen molar-refractivity contribution in [3.05, 3.63) is 35.9 Å². The van der Waals surface area contributed by atoms with Gasteiger partial charge in [0.2, 0.25) is 5.52 Å². The van der Waals surface area contributed by atoms with Crippen molar-refractivity contribution in [3.63, 3.8) is 0 Å². The molecule has 0 bridgehead atoms. The highest BCUT2D eigenvalue weighted by atomic mass is 31.2. The van der Waals surface area contributed by atoms with E-state index < -0.39 is 24.2 Å². The summed E-state index contributed by atoms with van der Waals surface area (Å²) in [5.41, 5.74) is -2.40. The zero-order chi connectivity index (χ0) is 14.1. The van der Waals surface area contributed by atoms with Gasteiger partial charge >= 0.3 is 5.92 Å². The van der Waals surface area contributed by atoms with Gasteiger partial charge in [-0.15, -0.1) is 0 Å². The van der Waals surface area contributed by atoms with E-state index >= 15 is 0 Å². The molecule has 1 aromatic rings. The third-order valence-electron chi connectivity index (χ3n) is 3.54. The number of hydrogen-bond donors (Lipinski definition) is 0. The Morgan fingerprint density at radius 3 is 2.11 bits per heavy atom. The molecule has 0 saturated heterocycles. The topological polar surface area (TPSA) is 34.1 Å². The van der Waals surface area contributed by atoms with Gasteiger partial charge in [0.05, 0.1) is 0 Å². The van der Waals surface area contributed by atoms with Crippen LogP contribution in [0.15, 0.2) is 30.3 Å². The van der Waals surface area contributed by atoms with E-state index in [9.17, 15) is 22.5 Å². The molecule has 1 unspecified atom stereocenters. The normalized spacial score (nSPS) is 20.2. The summed E-state index contributed by atoms with van der Waals surface area (Å²) in [5, 5.41) is 0. The van der Waals surface area contributed by atoms with Crippen LogP contribution in [0, 0.1) is 0 Å². The van der Waals surface area contributed by atoms with Crippen molar-refractivity contribution in [2.45, 2.75) is 37.3 Å². The molecule has 1 aromatic carbocycles. The molecule has 1 fully saturated rings. The lowest BCUT2D eigenvalue weighted by Gasteiger charge is -2.25. The van der Waals surface area contributed by atoms with E-state index in [0.29, 0.717) is 12.8 Å². The monoisotopic (exact) mass is 290 g/mol. The highest BCUT2D eigenvalue weighted by Gasteiger charge is 2.60. The van der Waals surface area contributed by atoms with Crippen LogP contribution in [-0.2, 0) is 4.57 Å². The molecule has 6 heteroatoms. The van der Waals surface area contributed by atoms with Gasteiger partial charge in [-0.25, -0.2) is 0 Å². The third kappa shape index (κ3) is 2.48. The maximum absolute atomic E-state index is 13.2. The van der Waals surface area contributed by atoms with Crippen molar-refractivity contribution >= 4 is 12.7 Å². The highest BCUT2D eigenvalue weighted by Crippen LogP contribution is 2.69. The number of carbonyl (C=O) groups excluding carboxylic acids is 1. The number of halogens is 3. The molecule has 0 aromatic heterocycles. The first-order chi connectivity index (χ1) is 8.87. The molecule has 19 heavy (non-hydrogen) atoms. The summed E-state index contributed by atoms with van der Waals surface area (Å²) in [6, 6.07) is 7.13. The van der Waals surface area contributed by atoms with Gasteiger partial charge in [0.25, 0.3) is 7.14 Å². The molecule has 0 aliphatic heterocycles. The predicted octanol–water partition coefficient (Wildman–Crippen LogP) is 4.65. The Morgan fingerprint density at radius 2 is 1.63 bits per heavy atom. The molecule has 1 atom stereocenters. The Hall–Kier alpha value is -1.09. The summed E-state index contributed by atoms with van der Waals surface area (Å²) in [4.78, 5) is 12.1. The second-order valence-corrected chi connectivity index (χ2v) is 7.69. The largest absolute Gasteiger partial charge is 0.447 e. The average Bonchev–Trinajstić information content (AvgIpc) is 2.90. The van der Waals surface area contributed by atoms with Crippen molar-refractivity contribution < 1.29 is 22.5 Å². The van der Waals surface area contributed by atoms with Crippen molar-refractivity contribution in [2.24, 2.45) is 0 Å². The van der Waals surface area contributed by atoms with Crippen LogP contribution in [0.2, 0.25) is 0 Å². The summed E-state index contributed by atoms with van der Waals surface area (Å²) < 4.78 is 52.1. The van der Waals surface area contributed by atoms with Crippen LogP contribution >= 0.6 is 7.14 Å².